The first kappa shape index (κ1) is 18.2. The fourth-order valence-corrected chi connectivity index (χ4v) is 3.35. The Kier molecular flexibility index (Phi) is 4.83. The highest BCUT2D eigenvalue weighted by molar-refractivity contribution is 9.10. The summed E-state index contributed by atoms with van der Waals surface area (Å²) in [5, 5.41) is 3.84. The van der Waals surface area contributed by atoms with Gasteiger partial charge < -0.3 is 15.3 Å². The number of carbonyl (C=O) groups is 1. The number of benzene rings is 2. The van der Waals surface area contributed by atoms with Crippen molar-refractivity contribution in [3.8, 4) is 11.4 Å². The van der Waals surface area contributed by atoms with E-state index < -0.39 is 0 Å². The van der Waals surface area contributed by atoms with E-state index in [-0.39, 0.29) is 11.5 Å². The third kappa shape index (κ3) is 3.75. The number of aryl methyl sites for hydroxylation is 1. The molecule has 6 nitrogen and oxygen atoms in total. The molecule has 4 aromatic rings. The number of nitrogens with zero attached hydrogens (tertiary/aromatic N) is 1. The predicted octanol–water partition coefficient (Wildman–Crippen LogP) is 4.50. The number of carbonyl (C=O) groups excluding carboxylic acids is 1. The minimum absolute atomic E-state index is 0.194. The molecule has 0 aliphatic heterocycles. The van der Waals surface area contributed by atoms with Gasteiger partial charge >= 0.3 is 0 Å². The molecule has 0 fully saturated rings. The molecular weight excluding hydrogens is 420 g/mol. The van der Waals surface area contributed by atoms with Crippen LogP contribution in [0.2, 0.25) is 0 Å². The van der Waals surface area contributed by atoms with Gasteiger partial charge in [-0.15, -0.1) is 0 Å². The summed E-state index contributed by atoms with van der Waals surface area (Å²) in [4.78, 5) is 34.8. The Balaban J connectivity index is 1.61. The zero-order valence-corrected chi connectivity index (χ0v) is 16.6. The summed E-state index contributed by atoms with van der Waals surface area (Å²) in [6, 6.07) is 16.3. The van der Waals surface area contributed by atoms with Gasteiger partial charge in [-0.1, -0.05) is 41.1 Å². The van der Waals surface area contributed by atoms with Crippen LogP contribution in [0.1, 0.15) is 23.1 Å². The molecule has 7 heteroatoms. The molecule has 0 atom stereocenters. The number of hydrogen-bond acceptors (Lipinski definition) is 3. The number of amides is 1. The van der Waals surface area contributed by atoms with Gasteiger partial charge in [-0.25, -0.2) is 4.98 Å². The Bertz CT molecular complexity index is 1240. The Labute approximate surface area is 169 Å². The smallest absolute Gasteiger partial charge is 0.272 e. The highest BCUT2D eigenvalue weighted by Crippen LogP contribution is 2.22. The summed E-state index contributed by atoms with van der Waals surface area (Å²) >= 11 is 3.43. The highest BCUT2D eigenvalue weighted by Gasteiger charge is 2.11. The molecule has 0 bridgehead atoms. The largest absolute Gasteiger partial charge is 0.350 e. The van der Waals surface area contributed by atoms with Crippen LogP contribution in [0.15, 0.2) is 63.9 Å². The standard InChI is InChI=1S/C21H17BrN4O2/c1-2-15-11-19(27)26-20(23-15)13-4-3-5-16(8-13)24-21(28)18-9-12-6-7-14(22)10-17(12)25-18/h3-11,25H,2H2,1H3,(H,24,28)(H,23,26,27). The SMILES string of the molecule is CCc1cc(=O)[nH]c(-c2cccc(NC(=O)c3cc4ccc(Br)cc4[nH]3)c2)n1. The third-order valence-corrected chi connectivity index (χ3v) is 4.87. The van der Waals surface area contributed by atoms with Crippen molar-refractivity contribution < 1.29 is 4.79 Å². The number of nitrogens with one attached hydrogen (secondary N) is 3. The molecule has 140 valence electrons. The molecule has 1 amide bonds. The quantitative estimate of drug-likeness (QED) is 0.439. The van der Waals surface area contributed by atoms with Gasteiger partial charge in [0.2, 0.25) is 0 Å². The maximum absolute atomic E-state index is 12.6. The van der Waals surface area contributed by atoms with E-state index in [1.807, 2.05) is 43.3 Å². The molecule has 0 spiro atoms. The van der Waals surface area contributed by atoms with E-state index in [1.54, 1.807) is 12.1 Å². The van der Waals surface area contributed by atoms with Crippen molar-refractivity contribution in [3.63, 3.8) is 0 Å². The first-order chi connectivity index (χ1) is 13.5. The van der Waals surface area contributed by atoms with Crippen molar-refractivity contribution in [3.05, 3.63) is 80.8 Å². The Morgan fingerprint density at radius 3 is 2.79 bits per heavy atom. The van der Waals surface area contributed by atoms with E-state index in [0.717, 1.165) is 26.6 Å². The van der Waals surface area contributed by atoms with Crippen LogP contribution < -0.4 is 10.9 Å². The third-order valence-electron chi connectivity index (χ3n) is 4.38. The van der Waals surface area contributed by atoms with Gasteiger partial charge in [0.05, 0.1) is 0 Å². The number of aromatic amines is 2. The van der Waals surface area contributed by atoms with Crippen molar-refractivity contribution in [1.82, 2.24) is 15.0 Å². The molecular formula is C21H17BrN4O2. The van der Waals surface area contributed by atoms with E-state index in [4.69, 9.17) is 0 Å². The zero-order chi connectivity index (χ0) is 19.7. The Hall–Kier alpha value is -3.19. The van der Waals surface area contributed by atoms with Gasteiger partial charge in [0.15, 0.2) is 0 Å². The lowest BCUT2D eigenvalue weighted by atomic mass is 10.1. The number of anilines is 1. The first-order valence-corrected chi connectivity index (χ1v) is 9.61. The number of rotatable bonds is 4. The topological polar surface area (TPSA) is 90.6 Å². The maximum atomic E-state index is 12.6. The van der Waals surface area contributed by atoms with Crippen LogP contribution in [0.25, 0.3) is 22.3 Å². The van der Waals surface area contributed by atoms with E-state index >= 15 is 0 Å². The number of fused-ring (bicyclic) bond motifs is 1. The van der Waals surface area contributed by atoms with Crippen molar-refractivity contribution in [1.29, 1.82) is 0 Å². The van der Waals surface area contributed by atoms with Gasteiger partial charge in [-0.2, -0.15) is 0 Å². The molecule has 28 heavy (non-hydrogen) atoms. The minimum Gasteiger partial charge on any atom is -0.350 e. The molecule has 2 aromatic heterocycles. The molecule has 0 saturated heterocycles. The number of halogens is 1. The monoisotopic (exact) mass is 436 g/mol. The fourth-order valence-electron chi connectivity index (χ4n) is 2.99. The number of aromatic nitrogens is 3. The number of H-pyrrole nitrogens is 2. The van der Waals surface area contributed by atoms with Crippen LogP contribution in [-0.2, 0) is 6.42 Å². The van der Waals surface area contributed by atoms with Crippen LogP contribution >= 0.6 is 15.9 Å². The van der Waals surface area contributed by atoms with Crippen molar-refractivity contribution >= 4 is 38.4 Å². The van der Waals surface area contributed by atoms with E-state index in [9.17, 15) is 9.59 Å². The zero-order valence-electron chi connectivity index (χ0n) is 15.0. The molecule has 0 unspecified atom stereocenters. The maximum Gasteiger partial charge on any atom is 0.272 e. The van der Waals surface area contributed by atoms with Gasteiger partial charge in [-0.3, -0.25) is 9.59 Å². The molecule has 0 saturated carbocycles. The van der Waals surface area contributed by atoms with Crippen LogP contribution in [0.5, 0.6) is 0 Å². The van der Waals surface area contributed by atoms with Crippen LogP contribution in [0, 0.1) is 0 Å². The molecule has 3 N–H and O–H groups in total. The van der Waals surface area contributed by atoms with Crippen molar-refractivity contribution in [2.75, 3.05) is 5.32 Å². The molecule has 2 heterocycles. The summed E-state index contributed by atoms with van der Waals surface area (Å²) < 4.78 is 0.942. The normalized spacial score (nSPS) is 10.9. The summed E-state index contributed by atoms with van der Waals surface area (Å²) in [6.07, 6.45) is 0.670. The lowest BCUT2D eigenvalue weighted by molar-refractivity contribution is 0.102. The second kappa shape index (κ2) is 7.44. The summed E-state index contributed by atoms with van der Waals surface area (Å²) in [6.45, 7) is 1.95. The first-order valence-electron chi connectivity index (χ1n) is 8.82. The lowest BCUT2D eigenvalue weighted by Crippen LogP contribution is -2.13. The average Bonchev–Trinajstić information content (AvgIpc) is 3.11. The fraction of sp³-hybridized carbons (Fsp3) is 0.0952. The highest BCUT2D eigenvalue weighted by atomic mass is 79.9. The van der Waals surface area contributed by atoms with Gasteiger partial charge in [0.25, 0.3) is 11.5 Å². The van der Waals surface area contributed by atoms with Crippen molar-refractivity contribution in [2.24, 2.45) is 0 Å². The summed E-state index contributed by atoms with van der Waals surface area (Å²) in [5.41, 5.74) is 3.22. The van der Waals surface area contributed by atoms with Gasteiger partial charge in [0, 0.05) is 38.4 Å². The van der Waals surface area contributed by atoms with Crippen molar-refractivity contribution in [2.45, 2.75) is 13.3 Å². The second-order valence-electron chi connectivity index (χ2n) is 6.39. The number of hydrogen-bond donors (Lipinski definition) is 3. The predicted molar refractivity (Wildman–Crippen MR) is 114 cm³/mol. The van der Waals surface area contributed by atoms with Crippen LogP contribution in [-0.4, -0.2) is 20.9 Å². The molecule has 4 rings (SSSR count). The van der Waals surface area contributed by atoms with E-state index in [2.05, 4.69) is 36.2 Å². The average molecular weight is 437 g/mol. The summed E-state index contributed by atoms with van der Waals surface area (Å²) in [7, 11) is 0. The molecule has 0 aliphatic carbocycles. The van der Waals surface area contributed by atoms with Gasteiger partial charge in [-0.05, 0) is 36.8 Å². The summed E-state index contributed by atoms with van der Waals surface area (Å²) in [5.74, 6) is 0.240. The molecule has 0 aliphatic rings. The van der Waals surface area contributed by atoms with Crippen LogP contribution in [0.3, 0.4) is 0 Å². The second-order valence-corrected chi connectivity index (χ2v) is 7.30. The lowest BCUT2D eigenvalue weighted by Gasteiger charge is -2.07. The molecule has 0 radical (unpaired) electrons. The Morgan fingerprint density at radius 1 is 1.11 bits per heavy atom. The van der Waals surface area contributed by atoms with E-state index in [0.29, 0.717) is 23.6 Å². The molecule has 2 aromatic carbocycles. The van der Waals surface area contributed by atoms with Gasteiger partial charge in [0.1, 0.15) is 11.5 Å². The Morgan fingerprint density at radius 2 is 1.96 bits per heavy atom. The van der Waals surface area contributed by atoms with Crippen LogP contribution in [0.4, 0.5) is 5.69 Å². The minimum atomic E-state index is -0.242. The van der Waals surface area contributed by atoms with E-state index in [1.165, 1.54) is 6.07 Å².